The zero-order chi connectivity index (χ0) is 17.0. The molecule has 1 amide bonds. The number of amides is 1. The summed E-state index contributed by atoms with van der Waals surface area (Å²) in [4.78, 5) is 14.1. The molecule has 1 aliphatic carbocycles. The van der Waals surface area contributed by atoms with E-state index in [9.17, 15) is 4.79 Å². The highest BCUT2D eigenvalue weighted by atomic mass is 35.5. The smallest absolute Gasteiger partial charge is 0.410 e. The maximum Gasteiger partial charge on any atom is 0.410 e. The normalized spacial score (nSPS) is 14.7. The van der Waals surface area contributed by atoms with Crippen molar-refractivity contribution in [2.24, 2.45) is 0 Å². The van der Waals surface area contributed by atoms with Gasteiger partial charge in [0, 0.05) is 30.7 Å². The van der Waals surface area contributed by atoms with Gasteiger partial charge in [-0.05, 0) is 57.7 Å². The van der Waals surface area contributed by atoms with Crippen molar-refractivity contribution in [3.63, 3.8) is 0 Å². The van der Waals surface area contributed by atoms with Crippen LogP contribution in [0, 0.1) is 6.92 Å². The van der Waals surface area contributed by atoms with E-state index in [-0.39, 0.29) is 6.09 Å². The lowest BCUT2D eigenvalue weighted by Crippen LogP contribution is -2.41. The first-order valence-electron chi connectivity index (χ1n) is 8.21. The minimum Gasteiger partial charge on any atom is -0.444 e. The van der Waals surface area contributed by atoms with Crippen molar-refractivity contribution in [2.45, 2.75) is 58.7 Å². The number of halogens is 1. The molecule has 4 nitrogen and oxygen atoms in total. The Hall–Kier alpha value is -1.26. The van der Waals surface area contributed by atoms with E-state index in [0.717, 1.165) is 42.1 Å². The summed E-state index contributed by atoms with van der Waals surface area (Å²) in [5.41, 5.74) is 1.78. The van der Waals surface area contributed by atoms with Crippen molar-refractivity contribution in [1.82, 2.24) is 10.2 Å². The van der Waals surface area contributed by atoms with Crippen LogP contribution in [0.2, 0.25) is 5.02 Å². The molecule has 0 bridgehead atoms. The molecule has 0 atom stereocenters. The summed E-state index contributed by atoms with van der Waals surface area (Å²) in [7, 11) is 0. The standard InChI is InChI=1S/C18H27ClN2O2/c1-13-5-6-14(11-16(13)19)12-20-9-10-21(15-7-8-15)17(22)23-18(2,3)4/h5-6,11,15,20H,7-10,12H2,1-4H3. The van der Waals surface area contributed by atoms with Crippen molar-refractivity contribution < 1.29 is 9.53 Å². The average molecular weight is 339 g/mol. The van der Waals surface area contributed by atoms with Crippen molar-refractivity contribution in [3.8, 4) is 0 Å². The van der Waals surface area contributed by atoms with Gasteiger partial charge in [0.15, 0.2) is 0 Å². The Kier molecular flexibility index (Phi) is 5.93. The van der Waals surface area contributed by atoms with Crippen LogP contribution in [0.15, 0.2) is 18.2 Å². The van der Waals surface area contributed by atoms with E-state index < -0.39 is 5.60 Å². The molecule has 2 rings (SSSR count). The summed E-state index contributed by atoms with van der Waals surface area (Å²) in [5, 5.41) is 4.16. The number of nitrogens with zero attached hydrogens (tertiary/aromatic N) is 1. The molecular weight excluding hydrogens is 312 g/mol. The third-order valence-electron chi connectivity index (χ3n) is 3.71. The topological polar surface area (TPSA) is 41.6 Å². The highest BCUT2D eigenvalue weighted by Crippen LogP contribution is 2.28. The predicted octanol–water partition coefficient (Wildman–Crippen LogP) is 4.14. The monoisotopic (exact) mass is 338 g/mol. The van der Waals surface area contributed by atoms with Crippen molar-refractivity contribution in [3.05, 3.63) is 34.3 Å². The lowest BCUT2D eigenvalue weighted by Gasteiger charge is -2.27. The molecule has 1 fully saturated rings. The highest BCUT2D eigenvalue weighted by molar-refractivity contribution is 6.31. The molecule has 0 spiro atoms. The van der Waals surface area contributed by atoms with E-state index in [1.807, 2.05) is 44.7 Å². The van der Waals surface area contributed by atoms with Crippen LogP contribution in [0.25, 0.3) is 0 Å². The van der Waals surface area contributed by atoms with Crippen molar-refractivity contribution in [2.75, 3.05) is 13.1 Å². The van der Waals surface area contributed by atoms with Gasteiger partial charge >= 0.3 is 6.09 Å². The molecule has 1 saturated carbocycles. The predicted molar refractivity (Wildman–Crippen MR) is 93.9 cm³/mol. The fourth-order valence-corrected chi connectivity index (χ4v) is 2.51. The van der Waals surface area contributed by atoms with Gasteiger partial charge in [-0.25, -0.2) is 4.79 Å². The molecule has 5 heteroatoms. The van der Waals surface area contributed by atoms with Gasteiger partial charge in [0.05, 0.1) is 0 Å². The molecule has 0 aromatic heterocycles. The Morgan fingerprint density at radius 1 is 1.39 bits per heavy atom. The summed E-state index contributed by atoms with van der Waals surface area (Å²) in [6, 6.07) is 6.42. The van der Waals surface area contributed by atoms with Gasteiger partial charge in [0.1, 0.15) is 5.60 Å². The zero-order valence-electron chi connectivity index (χ0n) is 14.5. The molecular formula is C18H27ClN2O2. The fourth-order valence-electron chi connectivity index (χ4n) is 2.31. The van der Waals surface area contributed by atoms with Crippen molar-refractivity contribution in [1.29, 1.82) is 0 Å². The zero-order valence-corrected chi connectivity index (χ0v) is 15.2. The summed E-state index contributed by atoms with van der Waals surface area (Å²) in [6.07, 6.45) is 1.94. The minimum atomic E-state index is -0.448. The first kappa shape index (κ1) is 18.1. The Labute approximate surface area is 144 Å². The third kappa shape index (κ3) is 6.04. The van der Waals surface area contributed by atoms with Gasteiger partial charge < -0.3 is 15.0 Å². The quantitative estimate of drug-likeness (QED) is 0.793. The van der Waals surface area contributed by atoms with Gasteiger partial charge in [0.2, 0.25) is 0 Å². The van der Waals surface area contributed by atoms with E-state index in [1.165, 1.54) is 0 Å². The third-order valence-corrected chi connectivity index (χ3v) is 4.12. The maximum atomic E-state index is 12.2. The van der Waals surface area contributed by atoms with E-state index in [1.54, 1.807) is 0 Å². The van der Waals surface area contributed by atoms with Crippen LogP contribution >= 0.6 is 11.6 Å². The summed E-state index contributed by atoms with van der Waals surface area (Å²) < 4.78 is 5.49. The number of hydrogen-bond donors (Lipinski definition) is 1. The van der Waals surface area contributed by atoms with Crippen LogP contribution in [-0.4, -0.2) is 35.7 Å². The van der Waals surface area contributed by atoms with Crippen LogP contribution in [0.4, 0.5) is 4.79 Å². The van der Waals surface area contributed by atoms with Crippen LogP contribution in [0.5, 0.6) is 0 Å². The van der Waals surface area contributed by atoms with Crippen LogP contribution < -0.4 is 5.32 Å². The van der Waals surface area contributed by atoms with E-state index in [2.05, 4.69) is 11.4 Å². The van der Waals surface area contributed by atoms with Gasteiger partial charge in [-0.2, -0.15) is 0 Å². The second kappa shape index (κ2) is 7.54. The van der Waals surface area contributed by atoms with Gasteiger partial charge in [-0.1, -0.05) is 23.7 Å². The first-order valence-corrected chi connectivity index (χ1v) is 8.59. The lowest BCUT2D eigenvalue weighted by atomic mass is 10.1. The van der Waals surface area contributed by atoms with Gasteiger partial charge in [-0.3, -0.25) is 0 Å². The number of carbonyl (C=O) groups excluding carboxylic acids is 1. The Morgan fingerprint density at radius 3 is 2.65 bits per heavy atom. The molecule has 1 aliphatic rings. The molecule has 0 aliphatic heterocycles. The van der Waals surface area contributed by atoms with Gasteiger partial charge in [0.25, 0.3) is 0 Å². The molecule has 0 saturated heterocycles. The van der Waals surface area contributed by atoms with Crippen LogP contribution in [0.3, 0.4) is 0 Å². The Balaban J connectivity index is 1.78. The second-order valence-electron chi connectivity index (χ2n) is 7.17. The van der Waals surface area contributed by atoms with E-state index in [0.29, 0.717) is 12.6 Å². The largest absolute Gasteiger partial charge is 0.444 e. The van der Waals surface area contributed by atoms with E-state index >= 15 is 0 Å². The molecule has 23 heavy (non-hydrogen) atoms. The molecule has 0 radical (unpaired) electrons. The van der Waals surface area contributed by atoms with Crippen LogP contribution in [0.1, 0.15) is 44.7 Å². The Bertz CT molecular complexity index is 550. The van der Waals surface area contributed by atoms with Crippen LogP contribution in [-0.2, 0) is 11.3 Å². The lowest BCUT2D eigenvalue weighted by molar-refractivity contribution is 0.0236. The molecule has 1 aromatic carbocycles. The fraction of sp³-hybridized carbons (Fsp3) is 0.611. The SMILES string of the molecule is Cc1ccc(CNCCN(C(=O)OC(C)(C)C)C2CC2)cc1Cl. The second-order valence-corrected chi connectivity index (χ2v) is 7.57. The number of hydrogen-bond acceptors (Lipinski definition) is 3. The molecule has 1 aromatic rings. The summed E-state index contributed by atoms with van der Waals surface area (Å²) >= 11 is 6.13. The number of rotatable bonds is 6. The Morgan fingerprint density at radius 2 is 2.09 bits per heavy atom. The molecule has 1 N–H and O–H groups in total. The van der Waals surface area contributed by atoms with Gasteiger partial charge in [-0.15, -0.1) is 0 Å². The average Bonchev–Trinajstić information content (AvgIpc) is 3.25. The number of carbonyl (C=O) groups is 1. The molecule has 0 heterocycles. The number of benzene rings is 1. The maximum absolute atomic E-state index is 12.2. The number of nitrogens with one attached hydrogen (secondary N) is 1. The highest BCUT2D eigenvalue weighted by Gasteiger charge is 2.34. The summed E-state index contributed by atoms with van der Waals surface area (Å²) in [5.74, 6) is 0. The number of ether oxygens (including phenoxy) is 1. The van der Waals surface area contributed by atoms with Crippen molar-refractivity contribution >= 4 is 17.7 Å². The minimum absolute atomic E-state index is 0.208. The van der Waals surface area contributed by atoms with E-state index in [4.69, 9.17) is 16.3 Å². The molecule has 128 valence electrons. The molecule has 0 unspecified atom stereocenters. The summed E-state index contributed by atoms with van der Waals surface area (Å²) in [6.45, 7) is 9.83. The number of aryl methyl sites for hydroxylation is 1. The first-order chi connectivity index (χ1) is 10.8.